The molecule has 1 aliphatic heterocycles. The molecule has 0 bridgehead atoms. The molecule has 0 spiro atoms. The van der Waals surface area contributed by atoms with Gasteiger partial charge >= 0.3 is 0 Å². The number of amides is 1. The van der Waals surface area contributed by atoms with E-state index in [0.29, 0.717) is 11.7 Å². The summed E-state index contributed by atoms with van der Waals surface area (Å²) in [4.78, 5) is 22.6. The minimum atomic E-state index is -0.0289. The van der Waals surface area contributed by atoms with E-state index in [1.165, 1.54) is 6.33 Å². The van der Waals surface area contributed by atoms with E-state index in [1.807, 2.05) is 0 Å². The van der Waals surface area contributed by atoms with Crippen LogP contribution in [0.5, 0.6) is 0 Å². The molecule has 2 aromatic heterocycles. The predicted molar refractivity (Wildman–Crippen MR) is 88.9 cm³/mol. The van der Waals surface area contributed by atoms with Gasteiger partial charge in [-0.3, -0.25) is 4.79 Å². The van der Waals surface area contributed by atoms with Crippen LogP contribution in [-0.2, 0) is 11.3 Å². The fourth-order valence-electron chi connectivity index (χ4n) is 2.92. The minimum Gasteiger partial charge on any atom is -0.352 e. The van der Waals surface area contributed by atoms with Crippen molar-refractivity contribution in [2.75, 3.05) is 13.1 Å². The first-order valence-corrected chi connectivity index (χ1v) is 8.31. The second kappa shape index (κ2) is 7.48. The predicted octanol–water partition coefficient (Wildman–Crippen LogP) is 0.724. The van der Waals surface area contributed by atoms with Gasteiger partial charge in [-0.05, 0) is 26.7 Å². The van der Waals surface area contributed by atoms with Crippen molar-refractivity contribution in [2.45, 2.75) is 45.3 Å². The smallest absolute Gasteiger partial charge is 0.242 e. The number of carbonyl (C=O) groups excluding carboxylic acids is 1. The van der Waals surface area contributed by atoms with Gasteiger partial charge in [0.2, 0.25) is 5.91 Å². The molecule has 0 aromatic carbocycles. The van der Waals surface area contributed by atoms with Crippen molar-refractivity contribution >= 4 is 5.91 Å². The van der Waals surface area contributed by atoms with Crippen LogP contribution in [0, 0.1) is 0 Å². The maximum Gasteiger partial charge on any atom is 0.242 e. The van der Waals surface area contributed by atoms with Crippen LogP contribution >= 0.6 is 0 Å². The molecule has 8 nitrogen and oxygen atoms in total. The second-order valence-electron chi connectivity index (χ2n) is 6.40. The average Bonchev–Trinajstić information content (AvgIpc) is 3.04. The van der Waals surface area contributed by atoms with Crippen LogP contribution in [0.1, 0.15) is 26.7 Å². The first kappa shape index (κ1) is 16.5. The summed E-state index contributed by atoms with van der Waals surface area (Å²) in [6, 6.07) is 0.815. The molecule has 1 amide bonds. The van der Waals surface area contributed by atoms with E-state index in [-0.39, 0.29) is 18.5 Å². The Balaban J connectivity index is 1.50. The summed E-state index contributed by atoms with van der Waals surface area (Å²) in [6.45, 7) is 6.65. The fourth-order valence-corrected chi connectivity index (χ4v) is 2.92. The number of likely N-dealkylation sites (tertiary alicyclic amines) is 1. The summed E-state index contributed by atoms with van der Waals surface area (Å²) in [7, 11) is 0. The van der Waals surface area contributed by atoms with Gasteiger partial charge in [0.25, 0.3) is 0 Å². The highest BCUT2D eigenvalue weighted by Gasteiger charge is 2.22. The highest BCUT2D eigenvalue weighted by Crippen LogP contribution is 2.14. The van der Waals surface area contributed by atoms with E-state index in [2.05, 4.69) is 44.3 Å². The Morgan fingerprint density at radius 1 is 1.29 bits per heavy atom. The van der Waals surface area contributed by atoms with Crippen LogP contribution < -0.4 is 5.32 Å². The lowest BCUT2D eigenvalue weighted by molar-refractivity contribution is -0.122. The number of hydrogen-bond acceptors (Lipinski definition) is 6. The highest BCUT2D eigenvalue weighted by atomic mass is 16.2. The molecule has 128 valence electrons. The van der Waals surface area contributed by atoms with E-state index < -0.39 is 0 Å². The van der Waals surface area contributed by atoms with Crippen LogP contribution in [0.15, 0.2) is 24.9 Å². The van der Waals surface area contributed by atoms with Crippen molar-refractivity contribution in [3.05, 3.63) is 24.9 Å². The molecule has 0 radical (unpaired) electrons. The topological polar surface area (TPSA) is 88.8 Å². The van der Waals surface area contributed by atoms with Crippen LogP contribution in [-0.4, -0.2) is 60.9 Å². The Morgan fingerprint density at radius 2 is 2.00 bits per heavy atom. The van der Waals surface area contributed by atoms with Gasteiger partial charge in [-0.25, -0.2) is 14.6 Å². The normalized spacial score (nSPS) is 16.5. The summed E-state index contributed by atoms with van der Waals surface area (Å²) in [5, 5.41) is 11.2. The van der Waals surface area contributed by atoms with Crippen molar-refractivity contribution in [3.8, 4) is 11.3 Å². The lowest BCUT2D eigenvalue weighted by Gasteiger charge is -2.34. The third-order valence-electron chi connectivity index (χ3n) is 4.33. The number of rotatable bonds is 5. The van der Waals surface area contributed by atoms with Crippen molar-refractivity contribution in [1.29, 1.82) is 0 Å². The Kier molecular flexibility index (Phi) is 5.14. The Labute approximate surface area is 141 Å². The Bertz CT molecular complexity index is 662. The van der Waals surface area contributed by atoms with Crippen molar-refractivity contribution < 1.29 is 4.79 Å². The molecule has 1 fully saturated rings. The maximum absolute atomic E-state index is 12.2. The van der Waals surface area contributed by atoms with Gasteiger partial charge in [0.05, 0.1) is 6.20 Å². The zero-order valence-electron chi connectivity index (χ0n) is 14.1. The van der Waals surface area contributed by atoms with Gasteiger partial charge in [-0.1, -0.05) is 5.21 Å². The fraction of sp³-hybridized carbons (Fsp3) is 0.562. The van der Waals surface area contributed by atoms with Gasteiger partial charge in [0.15, 0.2) is 0 Å². The van der Waals surface area contributed by atoms with Crippen LogP contribution in [0.3, 0.4) is 0 Å². The standard InChI is InChI=1S/C16H23N7O/c1-12(2)22-5-3-14(4-6-22)19-16(24)10-23-9-15(20-21-23)13-7-17-11-18-8-13/h7-9,11-12,14H,3-6,10H2,1-2H3,(H,19,24). The van der Waals surface area contributed by atoms with Gasteiger partial charge in [0.1, 0.15) is 18.6 Å². The van der Waals surface area contributed by atoms with Gasteiger partial charge in [-0.15, -0.1) is 5.10 Å². The molecule has 0 saturated carbocycles. The van der Waals surface area contributed by atoms with Crippen LogP contribution in [0.2, 0.25) is 0 Å². The Morgan fingerprint density at radius 3 is 2.67 bits per heavy atom. The third kappa shape index (κ3) is 4.14. The quantitative estimate of drug-likeness (QED) is 0.870. The minimum absolute atomic E-state index is 0.0289. The number of aromatic nitrogens is 5. The van der Waals surface area contributed by atoms with E-state index >= 15 is 0 Å². The number of hydrogen-bond donors (Lipinski definition) is 1. The monoisotopic (exact) mass is 329 g/mol. The van der Waals surface area contributed by atoms with Crippen LogP contribution in [0.4, 0.5) is 0 Å². The summed E-state index contributed by atoms with van der Waals surface area (Å²) < 4.78 is 1.54. The van der Waals surface area contributed by atoms with Gasteiger partial charge < -0.3 is 10.2 Å². The lowest BCUT2D eigenvalue weighted by Crippen LogP contribution is -2.47. The van der Waals surface area contributed by atoms with Crippen molar-refractivity contribution in [3.63, 3.8) is 0 Å². The third-order valence-corrected chi connectivity index (χ3v) is 4.33. The van der Waals surface area contributed by atoms with E-state index in [4.69, 9.17) is 0 Å². The van der Waals surface area contributed by atoms with Crippen LogP contribution in [0.25, 0.3) is 11.3 Å². The van der Waals surface area contributed by atoms with E-state index in [0.717, 1.165) is 31.5 Å². The molecule has 1 aliphatic rings. The molecular weight excluding hydrogens is 306 g/mol. The average molecular weight is 329 g/mol. The number of piperidine rings is 1. The number of nitrogens with one attached hydrogen (secondary N) is 1. The summed E-state index contributed by atoms with van der Waals surface area (Å²) in [6.07, 6.45) is 8.53. The van der Waals surface area contributed by atoms with Gasteiger partial charge in [0, 0.05) is 43.1 Å². The molecule has 2 aromatic rings. The molecule has 3 heterocycles. The largest absolute Gasteiger partial charge is 0.352 e. The molecular formula is C16H23N7O. The number of carbonyl (C=O) groups is 1. The first-order valence-electron chi connectivity index (χ1n) is 8.31. The molecule has 0 aliphatic carbocycles. The Hall–Kier alpha value is -2.35. The second-order valence-corrected chi connectivity index (χ2v) is 6.40. The van der Waals surface area contributed by atoms with Crippen molar-refractivity contribution in [1.82, 2.24) is 35.2 Å². The first-order chi connectivity index (χ1) is 11.6. The summed E-state index contributed by atoms with van der Waals surface area (Å²) in [5.74, 6) is -0.0289. The zero-order chi connectivity index (χ0) is 16.9. The molecule has 1 saturated heterocycles. The molecule has 3 rings (SSSR count). The highest BCUT2D eigenvalue weighted by molar-refractivity contribution is 5.76. The molecule has 1 N–H and O–H groups in total. The maximum atomic E-state index is 12.2. The molecule has 8 heteroatoms. The SMILES string of the molecule is CC(C)N1CCC(NC(=O)Cn2cc(-c3cncnc3)nn2)CC1. The van der Waals surface area contributed by atoms with Crippen molar-refractivity contribution in [2.24, 2.45) is 0 Å². The summed E-state index contributed by atoms with van der Waals surface area (Å²) in [5.41, 5.74) is 1.44. The zero-order valence-corrected chi connectivity index (χ0v) is 14.1. The number of nitrogens with zero attached hydrogens (tertiary/aromatic N) is 6. The van der Waals surface area contributed by atoms with Gasteiger partial charge in [-0.2, -0.15) is 0 Å². The lowest BCUT2D eigenvalue weighted by atomic mass is 10.0. The molecule has 0 atom stereocenters. The molecule has 0 unspecified atom stereocenters. The van der Waals surface area contributed by atoms with E-state index in [1.54, 1.807) is 23.3 Å². The van der Waals surface area contributed by atoms with E-state index in [9.17, 15) is 4.79 Å². The summed E-state index contributed by atoms with van der Waals surface area (Å²) >= 11 is 0. The molecule has 24 heavy (non-hydrogen) atoms.